The molecular weight excluding hydrogens is 201 g/mol. The Balaban J connectivity index is 2.76. The number of halogens is 1. The quantitative estimate of drug-likeness (QED) is 0.600. The summed E-state index contributed by atoms with van der Waals surface area (Å²) in [6, 6.07) is 4.39. The average molecular weight is 215 g/mol. The number of rotatable bonds is 3. The second-order valence-corrected chi connectivity index (χ2v) is 4.73. The number of anilines is 1. The molecule has 0 radical (unpaired) electrons. The Labute approximate surface area is 87.3 Å². The predicted octanol–water partition coefficient (Wildman–Crippen LogP) is 2.27. The topological polar surface area (TPSA) is 46.2 Å². The fraction of sp³-hybridized carbons (Fsp3) is 0.400. The summed E-state index contributed by atoms with van der Waals surface area (Å²) in [5.41, 5.74) is 5.90. The molecule has 3 N–H and O–H groups in total. The molecule has 1 aromatic rings. The molecule has 2 nitrogen and oxygen atoms in total. The van der Waals surface area contributed by atoms with Crippen LogP contribution >= 0.6 is 11.8 Å². The van der Waals surface area contributed by atoms with Crippen LogP contribution in [0.3, 0.4) is 0 Å². The summed E-state index contributed by atoms with van der Waals surface area (Å²) >= 11 is 1.41. The lowest BCUT2D eigenvalue weighted by Gasteiger charge is -2.14. The fourth-order valence-corrected chi connectivity index (χ4v) is 1.98. The minimum Gasteiger partial charge on any atom is -0.399 e. The van der Waals surface area contributed by atoms with E-state index in [4.69, 9.17) is 5.73 Å². The van der Waals surface area contributed by atoms with Gasteiger partial charge in [-0.1, -0.05) is 6.92 Å². The summed E-state index contributed by atoms with van der Waals surface area (Å²) in [4.78, 5) is 0.746. The molecule has 2 unspecified atom stereocenters. The number of hydrogen-bond acceptors (Lipinski definition) is 3. The molecule has 1 rings (SSSR count). The van der Waals surface area contributed by atoms with Gasteiger partial charge in [-0.15, -0.1) is 11.8 Å². The largest absolute Gasteiger partial charge is 0.399 e. The maximum Gasteiger partial charge on any atom is 0.126 e. The first-order valence-corrected chi connectivity index (χ1v) is 5.28. The number of nitrogens with two attached hydrogens (primary N) is 1. The van der Waals surface area contributed by atoms with Gasteiger partial charge >= 0.3 is 0 Å². The van der Waals surface area contributed by atoms with E-state index in [1.807, 2.05) is 6.92 Å². The van der Waals surface area contributed by atoms with Crippen LogP contribution in [0.25, 0.3) is 0 Å². The van der Waals surface area contributed by atoms with Gasteiger partial charge in [0, 0.05) is 15.8 Å². The first-order chi connectivity index (χ1) is 6.49. The highest BCUT2D eigenvalue weighted by atomic mass is 32.2. The smallest absolute Gasteiger partial charge is 0.126 e. The molecule has 0 aromatic heterocycles. The highest BCUT2D eigenvalue weighted by Crippen LogP contribution is 2.27. The van der Waals surface area contributed by atoms with Crippen molar-refractivity contribution in [2.24, 2.45) is 0 Å². The number of aliphatic hydroxyl groups excluding tert-OH is 1. The van der Waals surface area contributed by atoms with E-state index in [0.717, 1.165) is 4.90 Å². The van der Waals surface area contributed by atoms with Gasteiger partial charge in [0.2, 0.25) is 0 Å². The van der Waals surface area contributed by atoms with E-state index in [1.165, 1.54) is 23.9 Å². The summed E-state index contributed by atoms with van der Waals surface area (Å²) in [6.45, 7) is 3.59. The Kier molecular flexibility index (Phi) is 3.77. The zero-order valence-electron chi connectivity index (χ0n) is 8.20. The minimum atomic E-state index is -0.426. The zero-order chi connectivity index (χ0) is 10.7. The van der Waals surface area contributed by atoms with Crippen LogP contribution in [-0.4, -0.2) is 16.5 Å². The van der Waals surface area contributed by atoms with Crippen LogP contribution in [0, 0.1) is 5.82 Å². The van der Waals surface area contributed by atoms with Crippen LogP contribution in [-0.2, 0) is 0 Å². The molecule has 0 heterocycles. The third-order valence-corrected chi connectivity index (χ3v) is 3.17. The van der Waals surface area contributed by atoms with Gasteiger partial charge in [0.1, 0.15) is 5.82 Å². The highest BCUT2D eigenvalue weighted by Gasteiger charge is 2.11. The van der Waals surface area contributed by atoms with E-state index < -0.39 is 6.10 Å². The van der Waals surface area contributed by atoms with Crippen LogP contribution in [0.2, 0.25) is 0 Å². The third kappa shape index (κ3) is 3.20. The number of aliphatic hydroxyl groups is 1. The Morgan fingerprint density at radius 2 is 2.00 bits per heavy atom. The molecule has 0 aliphatic carbocycles. The van der Waals surface area contributed by atoms with Crippen LogP contribution in [0.4, 0.5) is 10.1 Å². The Morgan fingerprint density at radius 1 is 1.36 bits per heavy atom. The summed E-state index contributed by atoms with van der Waals surface area (Å²) in [5, 5.41) is 9.30. The number of hydrogen-bond donors (Lipinski definition) is 2. The van der Waals surface area contributed by atoms with Crippen LogP contribution in [0.15, 0.2) is 23.1 Å². The molecule has 2 atom stereocenters. The summed E-state index contributed by atoms with van der Waals surface area (Å²) in [7, 11) is 0. The molecule has 1 aromatic carbocycles. The van der Waals surface area contributed by atoms with Gasteiger partial charge in [0.05, 0.1) is 6.10 Å². The van der Waals surface area contributed by atoms with Crippen molar-refractivity contribution in [3.8, 4) is 0 Å². The van der Waals surface area contributed by atoms with Crippen molar-refractivity contribution in [1.82, 2.24) is 0 Å². The molecule has 0 saturated carbocycles. The van der Waals surface area contributed by atoms with E-state index in [9.17, 15) is 9.50 Å². The van der Waals surface area contributed by atoms with E-state index in [0.29, 0.717) is 5.69 Å². The molecule has 78 valence electrons. The molecule has 0 aliphatic rings. The predicted molar refractivity (Wildman–Crippen MR) is 57.8 cm³/mol. The van der Waals surface area contributed by atoms with Crippen molar-refractivity contribution in [3.05, 3.63) is 24.0 Å². The first kappa shape index (κ1) is 11.3. The first-order valence-electron chi connectivity index (χ1n) is 4.40. The lowest BCUT2D eigenvalue weighted by atomic mass is 10.3. The molecule has 14 heavy (non-hydrogen) atoms. The third-order valence-electron chi connectivity index (χ3n) is 1.89. The monoisotopic (exact) mass is 215 g/mol. The average Bonchev–Trinajstić information content (AvgIpc) is 2.01. The SMILES string of the molecule is CC(O)C(C)Sc1cc(N)cc(F)c1. The highest BCUT2D eigenvalue weighted by molar-refractivity contribution is 8.00. The van der Waals surface area contributed by atoms with Gasteiger partial charge in [-0.05, 0) is 25.1 Å². The maximum atomic E-state index is 12.9. The molecule has 0 bridgehead atoms. The summed E-state index contributed by atoms with van der Waals surface area (Å²) in [5.74, 6) is -0.342. The molecule has 0 saturated heterocycles. The van der Waals surface area contributed by atoms with Crippen molar-refractivity contribution in [3.63, 3.8) is 0 Å². The van der Waals surface area contributed by atoms with Crippen molar-refractivity contribution in [1.29, 1.82) is 0 Å². The van der Waals surface area contributed by atoms with Gasteiger partial charge in [0.15, 0.2) is 0 Å². The van der Waals surface area contributed by atoms with E-state index >= 15 is 0 Å². The second-order valence-electron chi connectivity index (χ2n) is 3.28. The Hall–Kier alpha value is -0.740. The van der Waals surface area contributed by atoms with Crippen molar-refractivity contribution in [2.75, 3.05) is 5.73 Å². The zero-order valence-corrected chi connectivity index (χ0v) is 9.01. The summed E-state index contributed by atoms with van der Waals surface area (Å²) < 4.78 is 12.9. The molecule has 0 aliphatic heterocycles. The lowest BCUT2D eigenvalue weighted by Crippen LogP contribution is -2.14. The normalized spacial score (nSPS) is 15.1. The fourth-order valence-electron chi connectivity index (χ4n) is 0.966. The van der Waals surface area contributed by atoms with Crippen LogP contribution < -0.4 is 5.73 Å². The minimum absolute atomic E-state index is 0.0243. The van der Waals surface area contributed by atoms with Crippen molar-refractivity contribution >= 4 is 17.4 Å². The van der Waals surface area contributed by atoms with Gasteiger partial charge in [-0.3, -0.25) is 0 Å². The van der Waals surface area contributed by atoms with E-state index in [-0.39, 0.29) is 11.1 Å². The van der Waals surface area contributed by atoms with Gasteiger partial charge < -0.3 is 10.8 Å². The van der Waals surface area contributed by atoms with E-state index in [1.54, 1.807) is 13.0 Å². The summed E-state index contributed by atoms with van der Waals surface area (Å²) in [6.07, 6.45) is -0.426. The second kappa shape index (κ2) is 4.66. The van der Waals surface area contributed by atoms with Crippen molar-refractivity contribution in [2.45, 2.75) is 30.1 Å². The van der Waals surface area contributed by atoms with Gasteiger partial charge in [-0.25, -0.2) is 4.39 Å². The standard InChI is InChI=1S/C10H14FNOS/c1-6(13)7(2)14-10-4-8(11)3-9(12)5-10/h3-7,13H,12H2,1-2H3. The molecular formula is C10H14FNOS. The Morgan fingerprint density at radius 3 is 2.50 bits per heavy atom. The molecule has 0 fully saturated rings. The van der Waals surface area contributed by atoms with Gasteiger partial charge in [-0.2, -0.15) is 0 Å². The number of thioether (sulfide) groups is 1. The van der Waals surface area contributed by atoms with E-state index in [2.05, 4.69) is 0 Å². The van der Waals surface area contributed by atoms with Crippen LogP contribution in [0.1, 0.15) is 13.8 Å². The molecule has 4 heteroatoms. The molecule has 0 spiro atoms. The van der Waals surface area contributed by atoms with Crippen LogP contribution in [0.5, 0.6) is 0 Å². The number of benzene rings is 1. The molecule has 0 amide bonds. The Bertz CT molecular complexity index is 297. The van der Waals surface area contributed by atoms with Gasteiger partial charge in [0.25, 0.3) is 0 Å². The number of nitrogen functional groups attached to an aromatic ring is 1. The maximum absolute atomic E-state index is 12.9. The lowest BCUT2D eigenvalue weighted by molar-refractivity contribution is 0.196. The van der Waals surface area contributed by atoms with Crippen molar-refractivity contribution < 1.29 is 9.50 Å².